The number of rotatable bonds is 3. The first-order valence-corrected chi connectivity index (χ1v) is 7.57. The highest BCUT2D eigenvalue weighted by Gasteiger charge is 2.41. The molecule has 2 rings (SSSR count). The van der Waals surface area contributed by atoms with Crippen molar-refractivity contribution in [1.29, 1.82) is 0 Å². The Hall–Kier alpha value is -0.0800. The van der Waals surface area contributed by atoms with E-state index in [1.807, 2.05) is 0 Å². The smallest absolute Gasteiger partial charge is 0.0807 e. The molecular formula is C15H29NO. The van der Waals surface area contributed by atoms with E-state index in [1.165, 1.54) is 44.9 Å². The minimum Gasteiger partial charge on any atom is -0.374 e. The van der Waals surface area contributed by atoms with Gasteiger partial charge in [-0.1, -0.05) is 32.6 Å². The second kappa shape index (κ2) is 5.71. The van der Waals surface area contributed by atoms with Crippen LogP contribution in [0.25, 0.3) is 0 Å². The van der Waals surface area contributed by atoms with Gasteiger partial charge in [0.25, 0.3) is 0 Å². The van der Waals surface area contributed by atoms with Crippen LogP contribution >= 0.6 is 0 Å². The van der Waals surface area contributed by atoms with E-state index >= 15 is 0 Å². The van der Waals surface area contributed by atoms with E-state index in [0.717, 1.165) is 18.9 Å². The largest absolute Gasteiger partial charge is 0.374 e. The minimum atomic E-state index is -0.0479. The highest BCUT2D eigenvalue weighted by Crippen LogP contribution is 2.40. The van der Waals surface area contributed by atoms with Gasteiger partial charge in [-0.3, -0.25) is 0 Å². The molecule has 2 heteroatoms. The summed E-state index contributed by atoms with van der Waals surface area (Å²) in [5, 5.41) is 0. The van der Waals surface area contributed by atoms with Gasteiger partial charge in [0.15, 0.2) is 0 Å². The fourth-order valence-corrected chi connectivity index (χ4v) is 3.89. The fraction of sp³-hybridized carbons (Fsp3) is 1.00. The summed E-state index contributed by atoms with van der Waals surface area (Å²) in [6, 6.07) is 0.244. The Morgan fingerprint density at radius 1 is 1.24 bits per heavy atom. The van der Waals surface area contributed by atoms with Gasteiger partial charge in [-0.25, -0.2) is 0 Å². The number of ether oxygens (including phenoxy) is 1. The van der Waals surface area contributed by atoms with E-state index in [1.54, 1.807) is 0 Å². The molecule has 100 valence electrons. The lowest BCUT2D eigenvalue weighted by atomic mass is 9.69. The van der Waals surface area contributed by atoms with Crippen molar-refractivity contribution in [2.75, 3.05) is 6.61 Å². The summed E-state index contributed by atoms with van der Waals surface area (Å²) in [5.74, 6) is 1.53. The van der Waals surface area contributed by atoms with Crippen LogP contribution in [0.15, 0.2) is 0 Å². The molecule has 1 aliphatic carbocycles. The average Bonchev–Trinajstić information content (AvgIpc) is 2.38. The van der Waals surface area contributed by atoms with Crippen LogP contribution in [-0.4, -0.2) is 18.2 Å². The zero-order chi connectivity index (χ0) is 12.3. The summed E-state index contributed by atoms with van der Waals surface area (Å²) < 4.78 is 6.05. The van der Waals surface area contributed by atoms with Crippen molar-refractivity contribution in [2.24, 2.45) is 17.6 Å². The topological polar surface area (TPSA) is 35.2 Å². The Bertz CT molecular complexity index is 235. The van der Waals surface area contributed by atoms with Crippen LogP contribution in [0.1, 0.15) is 65.2 Å². The molecular weight excluding hydrogens is 210 g/mol. The maximum absolute atomic E-state index is 6.60. The second-order valence-electron chi connectivity index (χ2n) is 6.26. The Balaban J connectivity index is 2.03. The highest BCUT2D eigenvalue weighted by molar-refractivity contribution is 4.96. The normalized spacial score (nSPS) is 41.1. The van der Waals surface area contributed by atoms with Gasteiger partial charge in [-0.15, -0.1) is 0 Å². The molecule has 1 aliphatic heterocycles. The number of hydrogen-bond acceptors (Lipinski definition) is 2. The molecule has 1 heterocycles. The van der Waals surface area contributed by atoms with Crippen LogP contribution in [0.2, 0.25) is 0 Å². The van der Waals surface area contributed by atoms with Crippen LogP contribution in [0, 0.1) is 11.8 Å². The summed E-state index contributed by atoms with van der Waals surface area (Å²) in [5.41, 5.74) is 6.55. The van der Waals surface area contributed by atoms with E-state index in [9.17, 15) is 0 Å². The van der Waals surface area contributed by atoms with Gasteiger partial charge in [0.1, 0.15) is 0 Å². The van der Waals surface area contributed by atoms with E-state index in [2.05, 4.69) is 13.8 Å². The van der Waals surface area contributed by atoms with Crippen LogP contribution < -0.4 is 5.73 Å². The Morgan fingerprint density at radius 3 is 2.65 bits per heavy atom. The molecule has 0 radical (unpaired) electrons. The predicted molar refractivity (Wildman–Crippen MR) is 71.9 cm³/mol. The zero-order valence-corrected chi connectivity index (χ0v) is 11.6. The van der Waals surface area contributed by atoms with Crippen molar-refractivity contribution >= 4 is 0 Å². The molecule has 0 spiro atoms. The molecule has 17 heavy (non-hydrogen) atoms. The lowest BCUT2D eigenvalue weighted by molar-refractivity contribution is -0.1000. The molecule has 0 bridgehead atoms. The van der Waals surface area contributed by atoms with Crippen molar-refractivity contribution in [3.8, 4) is 0 Å². The molecule has 0 amide bonds. The summed E-state index contributed by atoms with van der Waals surface area (Å²) in [7, 11) is 0. The van der Waals surface area contributed by atoms with Gasteiger partial charge in [-0.2, -0.15) is 0 Å². The third-order valence-corrected chi connectivity index (χ3v) is 5.16. The first kappa shape index (κ1) is 13.4. The van der Waals surface area contributed by atoms with Gasteiger partial charge in [0.2, 0.25) is 0 Å². The SMILES string of the molecule is CCC1CCCCC1C(N)C1(C)CCCCO1. The van der Waals surface area contributed by atoms with E-state index in [4.69, 9.17) is 10.5 Å². The predicted octanol–water partition coefficient (Wildman–Crippen LogP) is 3.49. The molecule has 4 atom stereocenters. The summed E-state index contributed by atoms with van der Waals surface area (Å²) >= 11 is 0. The fourth-order valence-electron chi connectivity index (χ4n) is 3.89. The van der Waals surface area contributed by atoms with Crippen LogP contribution in [-0.2, 0) is 4.74 Å². The molecule has 0 aromatic rings. The molecule has 4 unspecified atom stereocenters. The average molecular weight is 239 g/mol. The number of nitrogens with two attached hydrogens (primary N) is 1. The van der Waals surface area contributed by atoms with E-state index < -0.39 is 0 Å². The van der Waals surface area contributed by atoms with Gasteiger partial charge in [0, 0.05) is 12.6 Å². The second-order valence-corrected chi connectivity index (χ2v) is 6.26. The quantitative estimate of drug-likeness (QED) is 0.818. The molecule has 0 aromatic heterocycles. The maximum atomic E-state index is 6.60. The van der Waals surface area contributed by atoms with Gasteiger partial charge in [-0.05, 0) is 44.4 Å². The summed E-state index contributed by atoms with van der Waals surface area (Å²) in [6.45, 7) is 5.48. The van der Waals surface area contributed by atoms with Crippen LogP contribution in [0.3, 0.4) is 0 Å². The van der Waals surface area contributed by atoms with Gasteiger partial charge >= 0.3 is 0 Å². The molecule has 2 N–H and O–H groups in total. The third-order valence-electron chi connectivity index (χ3n) is 5.16. The Kier molecular flexibility index (Phi) is 4.48. The van der Waals surface area contributed by atoms with Crippen molar-refractivity contribution < 1.29 is 4.74 Å². The van der Waals surface area contributed by atoms with Crippen molar-refractivity contribution in [3.05, 3.63) is 0 Å². The lowest BCUT2D eigenvalue weighted by Gasteiger charge is -2.46. The van der Waals surface area contributed by atoms with Crippen LogP contribution in [0.4, 0.5) is 0 Å². The zero-order valence-electron chi connectivity index (χ0n) is 11.6. The molecule has 1 saturated carbocycles. The Morgan fingerprint density at radius 2 is 2.00 bits per heavy atom. The van der Waals surface area contributed by atoms with Crippen molar-refractivity contribution in [3.63, 3.8) is 0 Å². The minimum absolute atomic E-state index is 0.0479. The molecule has 1 saturated heterocycles. The summed E-state index contributed by atoms with van der Waals surface area (Å²) in [6.07, 6.45) is 10.4. The monoisotopic (exact) mass is 239 g/mol. The van der Waals surface area contributed by atoms with Crippen molar-refractivity contribution in [1.82, 2.24) is 0 Å². The van der Waals surface area contributed by atoms with Gasteiger partial charge < -0.3 is 10.5 Å². The molecule has 2 aliphatic rings. The number of hydrogen-bond donors (Lipinski definition) is 1. The molecule has 2 fully saturated rings. The standard InChI is InChI=1S/C15H29NO/c1-3-12-8-4-5-9-13(12)14(16)15(2)10-6-7-11-17-15/h12-14H,3-11,16H2,1-2H3. The van der Waals surface area contributed by atoms with E-state index in [-0.39, 0.29) is 11.6 Å². The van der Waals surface area contributed by atoms with E-state index in [0.29, 0.717) is 5.92 Å². The highest BCUT2D eigenvalue weighted by atomic mass is 16.5. The first-order chi connectivity index (χ1) is 8.17. The first-order valence-electron chi connectivity index (χ1n) is 7.57. The van der Waals surface area contributed by atoms with Crippen molar-refractivity contribution in [2.45, 2.75) is 76.9 Å². The Labute approximate surface area is 106 Å². The van der Waals surface area contributed by atoms with Crippen LogP contribution in [0.5, 0.6) is 0 Å². The summed E-state index contributed by atoms with van der Waals surface area (Å²) in [4.78, 5) is 0. The van der Waals surface area contributed by atoms with Gasteiger partial charge in [0.05, 0.1) is 5.60 Å². The lowest BCUT2D eigenvalue weighted by Crippen LogP contribution is -2.55. The molecule has 2 nitrogen and oxygen atoms in total. The molecule has 0 aromatic carbocycles. The maximum Gasteiger partial charge on any atom is 0.0807 e. The third kappa shape index (κ3) is 2.85.